The molecule has 0 N–H and O–H groups in total. The highest BCUT2D eigenvalue weighted by molar-refractivity contribution is 5.47. The van der Waals surface area contributed by atoms with E-state index in [1.165, 1.54) is 0 Å². The molecule has 1 amide bonds. The summed E-state index contributed by atoms with van der Waals surface area (Å²) in [7, 11) is 0. The van der Waals surface area contributed by atoms with Crippen molar-refractivity contribution in [1.82, 2.24) is 4.90 Å². The standard InChI is InChI=1S/C6H11NO.C2H4/c1-3-5-7(4-2)6-8;1-2/h3,6H,1,4-5H2,2H3;1-2H2. The van der Waals surface area contributed by atoms with Crippen LogP contribution in [0.15, 0.2) is 25.8 Å². The number of carbonyl (C=O) groups excluding carboxylic acids is 1. The summed E-state index contributed by atoms with van der Waals surface area (Å²) in [6.07, 6.45) is 2.53. The Bertz CT molecular complexity index is 91.3. The first kappa shape index (κ1) is 11.7. The van der Waals surface area contributed by atoms with Crippen molar-refractivity contribution in [3.05, 3.63) is 25.8 Å². The van der Waals surface area contributed by atoms with Crippen molar-refractivity contribution < 1.29 is 4.79 Å². The molecule has 0 heterocycles. The first-order valence-corrected chi connectivity index (χ1v) is 3.15. The molecule has 0 atom stereocenters. The van der Waals surface area contributed by atoms with E-state index in [1.54, 1.807) is 11.0 Å². The summed E-state index contributed by atoms with van der Waals surface area (Å²) in [5.41, 5.74) is 0. The van der Waals surface area contributed by atoms with Crippen molar-refractivity contribution in [3.8, 4) is 0 Å². The van der Waals surface area contributed by atoms with Crippen molar-refractivity contribution >= 4 is 6.41 Å². The molecule has 10 heavy (non-hydrogen) atoms. The molecule has 0 aromatic heterocycles. The van der Waals surface area contributed by atoms with Crippen molar-refractivity contribution in [2.24, 2.45) is 0 Å². The maximum Gasteiger partial charge on any atom is 0.209 e. The quantitative estimate of drug-likeness (QED) is 0.428. The van der Waals surface area contributed by atoms with Gasteiger partial charge in [0, 0.05) is 13.1 Å². The molecule has 0 rings (SSSR count). The van der Waals surface area contributed by atoms with Crippen molar-refractivity contribution in [3.63, 3.8) is 0 Å². The van der Waals surface area contributed by atoms with E-state index in [9.17, 15) is 4.79 Å². The third-order valence-electron chi connectivity index (χ3n) is 0.919. The number of carbonyl (C=O) groups is 1. The Balaban J connectivity index is 0. The van der Waals surface area contributed by atoms with E-state index in [1.807, 2.05) is 6.92 Å². The molecular formula is C8H15NO. The number of hydrogen-bond donors (Lipinski definition) is 0. The van der Waals surface area contributed by atoms with Gasteiger partial charge in [-0.2, -0.15) is 0 Å². The Kier molecular flexibility index (Phi) is 12.7. The van der Waals surface area contributed by atoms with Crippen molar-refractivity contribution in [1.29, 1.82) is 0 Å². The van der Waals surface area contributed by atoms with Gasteiger partial charge in [0.15, 0.2) is 0 Å². The number of nitrogens with zero attached hydrogens (tertiary/aromatic N) is 1. The summed E-state index contributed by atoms with van der Waals surface area (Å²) in [4.78, 5) is 11.6. The van der Waals surface area contributed by atoms with Crippen molar-refractivity contribution in [2.45, 2.75) is 6.92 Å². The first-order valence-electron chi connectivity index (χ1n) is 3.15. The largest absolute Gasteiger partial charge is 0.342 e. The van der Waals surface area contributed by atoms with Gasteiger partial charge in [-0.25, -0.2) is 0 Å². The zero-order valence-corrected chi connectivity index (χ0v) is 6.55. The van der Waals surface area contributed by atoms with Crippen LogP contribution in [0.5, 0.6) is 0 Å². The molecule has 0 aromatic rings. The van der Waals surface area contributed by atoms with E-state index in [4.69, 9.17) is 0 Å². The number of amides is 1. The topological polar surface area (TPSA) is 20.3 Å². The zero-order chi connectivity index (χ0) is 8.41. The Labute approximate surface area is 62.8 Å². The lowest BCUT2D eigenvalue weighted by molar-refractivity contribution is -0.117. The maximum atomic E-state index is 10.0. The minimum atomic E-state index is 0.653. The maximum absolute atomic E-state index is 10.0. The van der Waals surface area contributed by atoms with Gasteiger partial charge in [0.2, 0.25) is 6.41 Å². The molecule has 0 aromatic carbocycles. The van der Waals surface area contributed by atoms with Crippen LogP contribution in [0.25, 0.3) is 0 Å². The monoisotopic (exact) mass is 141 g/mol. The van der Waals surface area contributed by atoms with E-state index in [0.717, 1.165) is 13.0 Å². The zero-order valence-electron chi connectivity index (χ0n) is 6.55. The van der Waals surface area contributed by atoms with E-state index in [2.05, 4.69) is 19.7 Å². The summed E-state index contributed by atoms with van der Waals surface area (Å²) >= 11 is 0. The molecule has 0 radical (unpaired) electrons. The average Bonchev–Trinajstić information content (AvgIpc) is 2.04. The summed E-state index contributed by atoms with van der Waals surface area (Å²) in [5, 5.41) is 0. The Morgan fingerprint density at radius 1 is 1.50 bits per heavy atom. The lowest BCUT2D eigenvalue weighted by atomic mass is 10.5. The fourth-order valence-electron chi connectivity index (χ4n) is 0.412. The van der Waals surface area contributed by atoms with Crippen LogP contribution in [0.2, 0.25) is 0 Å². The van der Waals surface area contributed by atoms with Gasteiger partial charge in [-0.05, 0) is 6.92 Å². The first-order chi connectivity index (χ1) is 4.85. The summed E-state index contributed by atoms with van der Waals surface area (Å²) in [6, 6.07) is 0. The van der Waals surface area contributed by atoms with Crippen LogP contribution < -0.4 is 0 Å². The highest BCUT2D eigenvalue weighted by Crippen LogP contribution is 1.78. The number of hydrogen-bond acceptors (Lipinski definition) is 1. The molecule has 0 aliphatic heterocycles. The van der Waals surface area contributed by atoms with Crippen LogP contribution in [-0.4, -0.2) is 24.4 Å². The molecule has 0 fully saturated rings. The second-order valence-corrected chi connectivity index (χ2v) is 1.48. The molecule has 58 valence electrons. The van der Waals surface area contributed by atoms with Gasteiger partial charge in [-0.15, -0.1) is 19.7 Å². The molecule has 0 unspecified atom stereocenters. The van der Waals surface area contributed by atoms with Crippen LogP contribution in [-0.2, 0) is 4.79 Å². The van der Waals surface area contributed by atoms with Gasteiger partial charge in [0.1, 0.15) is 0 Å². The highest BCUT2D eigenvalue weighted by atomic mass is 16.1. The predicted molar refractivity (Wildman–Crippen MR) is 44.8 cm³/mol. The minimum Gasteiger partial charge on any atom is -0.342 e. The second kappa shape index (κ2) is 10.8. The third kappa shape index (κ3) is 6.95. The van der Waals surface area contributed by atoms with Gasteiger partial charge >= 0.3 is 0 Å². The lowest BCUT2D eigenvalue weighted by Crippen LogP contribution is -2.20. The van der Waals surface area contributed by atoms with Gasteiger partial charge in [0.25, 0.3) is 0 Å². The Morgan fingerprint density at radius 2 is 2.00 bits per heavy atom. The molecule has 0 aliphatic carbocycles. The van der Waals surface area contributed by atoms with E-state index >= 15 is 0 Å². The van der Waals surface area contributed by atoms with Gasteiger partial charge in [-0.1, -0.05) is 6.08 Å². The van der Waals surface area contributed by atoms with E-state index in [0.29, 0.717) is 6.54 Å². The highest BCUT2D eigenvalue weighted by Gasteiger charge is 1.89. The van der Waals surface area contributed by atoms with Gasteiger partial charge in [0.05, 0.1) is 0 Å². The number of likely N-dealkylation sites (N-methyl/N-ethyl adjacent to an activating group) is 1. The SMILES string of the molecule is C=C.C=CCN(C=O)CC. The summed E-state index contributed by atoms with van der Waals surface area (Å²) in [6.45, 7) is 12.8. The van der Waals surface area contributed by atoms with Crippen LogP contribution in [0, 0.1) is 0 Å². The second-order valence-electron chi connectivity index (χ2n) is 1.48. The van der Waals surface area contributed by atoms with Crippen LogP contribution in [0.3, 0.4) is 0 Å². The minimum absolute atomic E-state index is 0.653. The Morgan fingerprint density at radius 3 is 2.10 bits per heavy atom. The summed E-state index contributed by atoms with van der Waals surface area (Å²) in [5.74, 6) is 0. The molecule has 0 saturated heterocycles. The average molecular weight is 141 g/mol. The fraction of sp³-hybridized carbons (Fsp3) is 0.375. The molecule has 0 spiro atoms. The van der Waals surface area contributed by atoms with Gasteiger partial charge < -0.3 is 4.90 Å². The molecular weight excluding hydrogens is 126 g/mol. The fourth-order valence-corrected chi connectivity index (χ4v) is 0.412. The molecule has 0 bridgehead atoms. The van der Waals surface area contributed by atoms with Gasteiger partial charge in [-0.3, -0.25) is 4.79 Å². The smallest absolute Gasteiger partial charge is 0.209 e. The van der Waals surface area contributed by atoms with Crippen LogP contribution >= 0.6 is 0 Å². The Hall–Kier alpha value is -1.05. The van der Waals surface area contributed by atoms with E-state index < -0.39 is 0 Å². The normalized spacial score (nSPS) is 6.90. The lowest BCUT2D eigenvalue weighted by Gasteiger charge is -2.09. The number of rotatable bonds is 4. The molecule has 2 heteroatoms. The van der Waals surface area contributed by atoms with Crippen LogP contribution in [0.1, 0.15) is 6.92 Å². The van der Waals surface area contributed by atoms with E-state index in [-0.39, 0.29) is 0 Å². The van der Waals surface area contributed by atoms with Crippen LogP contribution in [0.4, 0.5) is 0 Å². The summed E-state index contributed by atoms with van der Waals surface area (Å²) < 4.78 is 0. The third-order valence-corrected chi connectivity index (χ3v) is 0.919. The molecule has 0 aliphatic rings. The predicted octanol–water partition coefficient (Wildman–Crippen LogP) is 1.45. The molecule has 0 saturated carbocycles. The van der Waals surface area contributed by atoms with Crippen molar-refractivity contribution in [2.75, 3.05) is 13.1 Å². The molecule has 2 nitrogen and oxygen atoms in total.